The van der Waals surface area contributed by atoms with Gasteiger partial charge in [-0.3, -0.25) is 0 Å². The van der Waals surface area contributed by atoms with E-state index in [1.165, 1.54) is 0 Å². The van der Waals surface area contributed by atoms with Crippen molar-refractivity contribution in [2.75, 3.05) is 31.0 Å². The molecule has 0 spiro atoms. The average molecular weight is 287 g/mol. The second-order valence-corrected chi connectivity index (χ2v) is 6.71. The number of hydrogen-bond donors (Lipinski definition) is 1. The molecule has 0 aromatic heterocycles. The summed E-state index contributed by atoms with van der Waals surface area (Å²) < 4.78 is 33.5. The molecule has 1 unspecified atom stereocenters. The molecule has 0 aliphatic carbocycles. The fraction of sp³-hybridized carbons (Fsp3) is 0.538. The van der Waals surface area contributed by atoms with Crippen molar-refractivity contribution in [1.82, 2.24) is 0 Å². The lowest BCUT2D eigenvalue weighted by atomic mass is 10.2. The number of anilines is 1. The van der Waals surface area contributed by atoms with E-state index in [9.17, 15) is 8.42 Å². The van der Waals surface area contributed by atoms with E-state index in [0.29, 0.717) is 11.5 Å². The van der Waals surface area contributed by atoms with E-state index < -0.39 is 9.84 Å². The number of nitrogens with one attached hydrogen (secondary N) is 1. The maximum atomic E-state index is 11.6. The van der Waals surface area contributed by atoms with Crippen molar-refractivity contribution in [3.8, 4) is 11.5 Å². The van der Waals surface area contributed by atoms with E-state index >= 15 is 0 Å². The van der Waals surface area contributed by atoms with Crippen molar-refractivity contribution < 1.29 is 17.9 Å². The van der Waals surface area contributed by atoms with Crippen LogP contribution in [-0.2, 0) is 9.84 Å². The zero-order chi connectivity index (χ0) is 14.5. The van der Waals surface area contributed by atoms with E-state index in [1.807, 2.05) is 6.92 Å². The van der Waals surface area contributed by atoms with Crippen LogP contribution in [0.3, 0.4) is 0 Å². The molecule has 1 rings (SSSR count). The van der Waals surface area contributed by atoms with E-state index in [0.717, 1.165) is 5.69 Å². The molecule has 1 aromatic carbocycles. The van der Waals surface area contributed by atoms with Gasteiger partial charge in [0, 0.05) is 17.9 Å². The van der Waals surface area contributed by atoms with Crippen LogP contribution < -0.4 is 14.8 Å². The van der Waals surface area contributed by atoms with Crippen LogP contribution in [-0.4, -0.2) is 40.2 Å². The molecule has 0 amide bonds. The number of methoxy groups -OCH3 is 2. The van der Waals surface area contributed by atoms with E-state index in [4.69, 9.17) is 9.47 Å². The SMILES string of the molecule is CCS(=O)(=O)CC(C)Nc1cc(OC)ccc1OC. The van der Waals surface area contributed by atoms with Gasteiger partial charge in [0.1, 0.15) is 11.5 Å². The summed E-state index contributed by atoms with van der Waals surface area (Å²) in [6, 6.07) is 5.15. The number of rotatable bonds is 7. The Balaban J connectivity index is 2.85. The molecule has 108 valence electrons. The van der Waals surface area contributed by atoms with Crippen LogP contribution >= 0.6 is 0 Å². The van der Waals surface area contributed by atoms with Gasteiger partial charge in [0.05, 0.1) is 25.7 Å². The number of benzene rings is 1. The van der Waals surface area contributed by atoms with Gasteiger partial charge in [0.25, 0.3) is 0 Å². The monoisotopic (exact) mass is 287 g/mol. The second-order valence-electron chi connectivity index (χ2n) is 4.31. The molecule has 0 heterocycles. The molecule has 1 aromatic rings. The number of sulfone groups is 1. The summed E-state index contributed by atoms with van der Waals surface area (Å²) in [5, 5.41) is 3.14. The Morgan fingerprint density at radius 3 is 2.47 bits per heavy atom. The van der Waals surface area contributed by atoms with Crippen LogP contribution in [0.15, 0.2) is 18.2 Å². The highest BCUT2D eigenvalue weighted by atomic mass is 32.2. The van der Waals surface area contributed by atoms with Gasteiger partial charge in [-0.15, -0.1) is 0 Å². The Bertz CT molecular complexity index is 513. The predicted octanol–water partition coefficient (Wildman–Crippen LogP) is 1.94. The van der Waals surface area contributed by atoms with Crippen LogP contribution in [0.4, 0.5) is 5.69 Å². The Morgan fingerprint density at radius 2 is 1.95 bits per heavy atom. The van der Waals surface area contributed by atoms with Gasteiger partial charge in [0.2, 0.25) is 0 Å². The second kappa shape index (κ2) is 6.65. The topological polar surface area (TPSA) is 64.6 Å². The van der Waals surface area contributed by atoms with Gasteiger partial charge in [-0.2, -0.15) is 0 Å². The van der Waals surface area contributed by atoms with Gasteiger partial charge in [-0.05, 0) is 19.1 Å². The molecule has 0 saturated carbocycles. The van der Waals surface area contributed by atoms with Crippen molar-refractivity contribution in [1.29, 1.82) is 0 Å². The zero-order valence-corrected chi connectivity index (χ0v) is 12.6. The Kier molecular flexibility index (Phi) is 5.47. The van der Waals surface area contributed by atoms with Gasteiger partial charge in [-0.1, -0.05) is 6.92 Å². The van der Waals surface area contributed by atoms with Gasteiger partial charge >= 0.3 is 0 Å². The fourth-order valence-corrected chi connectivity index (χ4v) is 2.81. The van der Waals surface area contributed by atoms with Crippen molar-refractivity contribution in [2.45, 2.75) is 19.9 Å². The summed E-state index contributed by atoms with van der Waals surface area (Å²) in [4.78, 5) is 0. The number of hydrogen-bond acceptors (Lipinski definition) is 5. The summed E-state index contributed by atoms with van der Waals surface area (Å²) in [5.41, 5.74) is 0.723. The van der Waals surface area contributed by atoms with E-state index in [1.54, 1.807) is 39.3 Å². The highest BCUT2D eigenvalue weighted by Gasteiger charge is 2.15. The Morgan fingerprint density at radius 1 is 1.26 bits per heavy atom. The molecular weight excluding hydrogens is 266 g/mol. The van der Waals surface area contributed by atoms with Crippen molar-refractivity contribution in [3.05, 3.63) is 18.2 Å². The van der Waals surface area contributed by atoms with Gasteiger partial charge in [0.15, 0.2) is 9.84 Å². The molecule has 5 nitrogen and oxygen atoms in total. The molecule has 1 atom stereocenters. The summed E-state index contributed by atoms with van der Waals surface area (Å²) >= 11 is 0. The normalized spacial score (nSPS) is 12.8. The average Bonchev–Trinajstić information content (AvgIpc) is 2.37. The molecule has 0 saturated heterocycles. The van der Waals surface area contributed by atoms with Gasteiger partial charge in [-0.25, -0.2) is 8.42 Å². The predicted molar refractivity (Wildman–Crippen MR) is 77.0 cm³/mol. The van der Waals surface area contributed by atoms with Crippen molar-refractivity contribution in [3.63, 3.8) is 0 Å². The van der Waals surface area contributed by atoms with Crippen LogP contribution in [0.5, 0.6) is 11.5 Å². The third kappa shape index (κ3) is 4.63. The van der Waals surface area contributed by atoms with E-state index in [-0.39, 0.29) is 17.5 Å². The van der Waals surface area contributed by atoms with Crippen LogP contribution in [0.25, 0.3) is 0 Å². The highest BCUT2D eigenvalue weighted by Crippen LogP contribution is 2.29. The minimum absolute atomic E-state index is 0.0872. The maximum Gasteiger partial charge on any atom is 0.152 e. The minimum atomic E-state index is -3.01. The summed E-state index contributed by atoms with van der Waals surface area (Å²) in [6.45, 7) is 3.47. The summed E-state index contributed by atoms with van der Waals surface area (Å²) in [7, 11) is 0.141. The fourth-order valence-electron chi connectivity index (χ4n) is 1.73. The van der Waals surface area contributed by atoms with Crippen LogP contribution in [0, 0.1) is 0 Å². The highest BCUT2D eigenvalue weighted by molar-refractivity contribution is 7.91. The largest absolute Gasteiger partial charge is 0.497 e. The maximum absolute atomic E-state index is 11.6. The molecule has 0 bridgehead atoms. The first-order valence-electron chi connectivity index (χ1n) is 6.10. The first-order valence-corrected chi connectivity index (χ1v) is 7.93. The van der Waals surface area contributed by atoms with Crippen LogP contribution in [0.1, 0.15) is 13.8 Å². The van der Waals surface area contributed by atoms with Crippen molar-refractivity contribution >= 4 is 15.5 Å². The molecule has 0 aliphatic rings. The quantitative estimate of drug-likeness (QED) is 0.830. The van der Waals surface area contributed by atoms with Crippen molar-refractivity contribution in [2.24, 2.45) is 0 Å². The third-order valence-corrected chi connectivity index (χ3v) is 4.64. The summed E-state index contributed by atoms with van der Waals surface area (Å²) in [6.07, 6.45) is 0. The smallest absolute Gasteiger partial charge is 0.152 e. The molecule has 0 radical (unpaired) electrons. The van der Waals surface area contributed by atoms with Gasteiger partial charge < -0.3 is 14.8 Å². The molecule has 1 N–H and O–H groups in total. The molecule has 0 aliphatic heterocycles. The summed E-state index contributed by atoms with van der Waals surface area (Å²) in [5.74, 6) is 1.58. The molecule has 19 heavy (non-hydrogen) atoms. The Labute approximate surface area is 114 Å². The lowest BCUT2D eigenvalue weighted by Crippen LogP contribution is -2.26. The van der Waals surface area contributed by atoms with E-state index in [2.05, 4.69) is 5.32 Å². The zero-order valence-electron chi connectivity index (χ0n) is 11.8. The Hall–Kier alpha value is -1.43. The first-order chi connectivity index (χ1) is 8.91. The lowest BCUT2D eigenvalue weighted by molar-refractivity contribution is 0.404. The molecule has 6 heteroatoms. The number of ether oxygens (including phenoxy) is 2. The molecular formula is C13H21NO4S. The minimum Gasteiger partial charge on any atom is -0.497 e. The third-order valence-electron chi connectivity index (χ3n) is 2.75. The first kappa shape index (κ1) is 15.6. The lowest BCUT2D eigenvalue weighted by Gasteiger charge is -2.18. The standard InChI is InChI=1S/C13H21NO4S/c1-5-19(15,16)9-10(2)14-12-8-11(17-3)6-7-13(12)18-4/h6-8,10,14H,5,9H2,1-4H3. The van der Waals surface area contributed by atoms with Crippen LogP contribution in [0.2, 0.25) is 0 Å². The molecule has 0 fully saturated rings.